The van der Waals surface area contributed by atoms with Gasteiger partial charge in [-0.25, -0.2) is 8.42 Å². The summed E-state index contributed by atoms with van der Waals surface area (Å²) in [6, 6.07) is 26.6. The Kier molecular flexibility index (Phi) is 6.09. The fourth-order valence-electron chi connectivity index (χ4n) is 3.16. The van der Waals surface area contributed by atoms with E-state index in [1.165, 1.54) is 0 Å². The number of sulfonamides is 1. The fourth-order valence-corrected chi connectivity index (χ4v) is 4.21. The summed E-state index contributed by atoms with van der Waals surface area (Å²) in [4.78, 5) is 12.4. The van der Waals surface area contributed by atoms with Crippen LogP contribution in [-0.2, 0) is 14.8 Å². The number of hydrogen-bond acceptors (Lipinski definition) is 4. The highest BCUT2D eigenvalue weighted by molar-refractivity contribution is 7.92. The predicted octanol–water partition coefficient (Wildman–Crippen LogP) is 4.97. The van der Waals surface area contributed by atoms with E-state index in [1.807, 2.05) is 49.4 Å². The molecule has 0 aliphatic carbocycles. The maximum atomic E-state index is 12.5. The second kappa shape index (κ2) is 9.11. The minimum Gasteiger partial charge on any atom is -0.484 e. The minimum absolute atomic E-state index is 0.139. The quantitative estimate of drug-likeness (QED) is 0.420. The lowest BCUT2D eigenvalue weighted by Crippen LogP contribution is -2.20. The highest BCUT2D eigenvalue weighted by Gasteiger charge is 2.14. The highest BCUT2D eigenvalue weighted by Crippen LogP contribution is 2.21. The summed E-state index contributed by atoms with van der Waals surface area (Å²) in [5, 5.41) is 4.87. The van der Waals surface area contributed by atoms with Crippen molar-refractivity contribution in [1.82, 2.24) is 0 Å². The zero-order valence-electron chi connectivity index (χ0n) is 17.4. The molecular weight excluding hydrogens is 424 g/mol. The summed E-state index contributed by atoms with van der Waals surface area (Å²) in [6.07, 6.45) is 0. The molecule has 7 heteroatoms. The van der Waals surface area contributed by atoms with Gasteiger partial charge in [0.05, 0.1) is 4.90 Å². The molecule has 0 atom stereocenters. The molecule has 4 aromatic rings. The van der Waals surface area contributed by atoms with Gasteiger partial charge in [0.1, 0.15) is 5.75 Å². The number of rotatable bonds is 7. The molecule has 0 spiro atoms. The van der Waals surface area contributed by atoms with Gasteiger partial charge in [0.2, 0.25) is 0 Å². The van der Waals surface area contributed by atoms with Gasteiger partial charge in [-0.05, 0) is 66.2 Å². The van der Waals surface area contributed by atoms with Crippen LogP contribution in [0.15, 0.2) is 95.9 Å². The molecule has 0 radical (unpaired) electrons. The lowest BCUT2D eigenvalue weighted by atomic mass is 10.1. The Balaban J connectivity index is 1.33. The number of nitrogens with one attached hydrogen (secondary N) is 2. The van der Waals surface area contributed by atoms with Gasteiger partial charge in [-0.1, -0.05) is 48.0 Å². The molecule has 0 fully saturated rings. The van der Waals surface area contributed by atoms with E-state index in [-0.39, 0.29) is 17.4 Å². The van der Waals surface area contributed by atoms with E-state index in [0.717, 1.165) is 16.3 Å². The van der Waals surface area contributed by atoms with Crippen molar-refractivity contribution in [3.63, 3.8) is 0 Å². The first-order valence-electron chi connectivity index (χ1n) is 10.0. The summed E-state index contributed by atoms with van der Waals surface area (Å²) in [5.41, 5.74) is 1.92. The lowest BCUT2D eigenvalue weighted by Gasteiger charge is -2.11. The molecular formula is C25H22N2O4S. The normalized spacial score (nSPS) is 11.2. The number of carbonyl (C=O) groups excluding carboxylic acids is 1. The van der Waals surface area contributed by atoms with Crippen LogP contribution in [0, 0.1) is 6.92 Å². The van der Waals surface area contributed by atoms with E-state index in [0.29, 0.717) is 17.1 Å². The maximum absolute atomic E-state index is 12.5. The summed E-state index contributed by atoms with van der Waals surface area (Å²) in [7, 11) is -3.68. The van der Waals surface area contributed by atoms with E-state index >= 15 is 0 Å². The Bertz CT molecular complexity index is 1350. The van der Waals surface area contributed by atoms with E-state index in [2.05, 4.69) is 10.0 Å². The molecule has 6 nitrogen and oxygen atoms in total. The monoisotopic (exact) mass is 446 g/mol. The standard InChI is InChI=1S/C25H22N2O4S/c1-18-6-14-24(15-7-18)32(29,30)27-22-11-9-21(10-12-22)26-25(28)17-31-23-13-8-19-4-2-3-5-20(19)16-23/h2-16,27H,17H2,1H3,(H,26,28). The van der Waals surface area contributed by atoms with Crippen molar-refractivity contribution in [2.24, 2.45) is 0 Å². The number of ether oxygens (including phenoxy) is 1. The first kappa shape index (κ1) is 21.4. The number of hydrogen-bond donors (Lipinski definition) is 2. The fraction of sp³-hybridized carbons (Fsp3) is 0.0800. The zero-order chi connectivity index (χ0) is 22.6. The summed E-state index contributed by atoms with van der Waals surface area (Å²) in [5.74, 6) is 0.297. The number of benzene rings is 4. The van der Waals surface area contributed by atoms with Crippen molar-refractivity contribution >= 4 is 38.1 Å². The molecule has 2 N–H and O–H groups in total. The van der Waals surface area contributed by atoms with Crippen LogP contribution < -0.4 is 14.8 Å². The van der Waals surface area contributed by atoms with Crippen LogP contribution in [0.25, 0.3) is 10.8 Å². The van der Waals surface area contributed by atoms with E-state index in [1.54, 1.807) is 48.5 Å². The van der Waals surface area contributed by atoms with Crippen molar-refractivity contribution in [3.8, 4) is 5.75 Å². The Morgan fingerprint density at radius 3 is 2.19 bits per heavy atom. The molecule has 1 amide bonds. The molecule has 0 unspecified atom stereocenters. The van der Waals surface area contributed by atoms with Crippen LogP contribution in [0.4, 0.5) is 11.4 Å². The van der Waals surface area contributed by atoms with Crippen LogP contribution >= 0.6 is 0 Å². The van der Waals surface area contributed by atoms with Crippen molar-refractivity contribution < 1.29 is 17.9 Å². The third-order valence-corrected chi connectivity index (χ3v) is 6.24. The Morgan fingerprint density at radius 1 is 0.812 bits per heavy atom. The summed E-state index contributed by atoms with van der Waals surface area (Å²) in [6.45, 7) is 1.75. The summed E-state index contributed by atoms with van der Waals surface area (Å²) < 4.78 is 33.1. The molecule has 0 aromatic heterocycles. The van der Waals surface area contributed by atoms with E-state index in [4.69, 9.17) is 4.74 Å². The molecule has 0 aliphatic rings. The number of amides is 1. The van der Waals surface area contributed by atoms with Crippen LogP contribution in [-0.4, -0.2) is 20.9 Å². The molecule has 162 valence electrons. The van der Waals surface area contributed by atoms with E-state index < -0.39 is 10.0 Å². The average molecular weight is 447 g/mol. The number of aryl methyl sites for hydroxylation is 1. The Hall–Kier alpha value is -3.84. The van der Waals surface area contributed by atoms with Crippen LogP contribution in [0.3, 0.4) is 0 Å². The Morgan fingerprint density at radius 2 is 1.47 bits per heavy atom. The number of anilines is 2. The minimum atomic E-state index is -3.68. The van der Waals surface area contributed by atoms with Gasteiger partial charge in [-0.3, -0.25) is 9.52 Å². The number of carbonyl (C=O) groups is 1. The molecule has 0 saturated heterocycles. The smallest absolute Gasteiger partial charge is 0.262 e. The topological polar surface area (TPSA) is 84.5 Å². The number of fused-ring (bicyclic) bond motifs is 1. The second-order valence-electron chi connectivity index (χ2n) is 7.34. The van der Waals surface area contributed by atoms with Crippen LogP contribution in [0.2, 0.25) is 0 Å². The predicted molar refractivity (Wildman–Crippen MR) is 127 cm³/mol. The van der Waals surface area contributed by atoms with Gasteiger partial charge in [0.25, 0.3) is 15.9 Å². The second-order valence-corrected chi connectivity index (χ2v) is 9.02. The molecule has 0 bridgehead atoms. The van der Waals surface area contributed by atoms with Crippen molar-refractivity contribution in [2.45, 2.75) is 11.8 Å². The largest absolute Gasteiger partial charge is 0.484 e. The van der Waals surface area contributed by atoms with Gasteiger partial charge in [0, 0.05) is 11.4 Å². The van der Waals surface area contributed by atoms with Gasteiger partial charge >= 0.3 is 0 Å². The SMILES string of the molecule is Cc1ccc(S(=O)(=O)Nc2ccc(NC(=O)COc3ccc4ccccc4c3)cc2)cc1. The third-order valence-electron chi connectivity index (χ3n) is 4.84. The maximum Gasteiger partial charge on any atom is 0.262 e. The van der Waals surface area contributed by atoms with Crippen LogP contribution in [0.1, 0.15) is 5.56 Å². The Labute approximate surface area is 186 Å². The third kappa shape index (κ3) is 5.25. The zero-order valence-corrected chi connectivity index (χ0v) is 18.2. The molecule has 0 aliphatic heterocycles. The van der Waals surface area contributed by atoms with Crippen molar-refractivity contribution in [2.75, 3.05) is 16.6 Å². The highest BCUT2D eigenvalue weighted by atomic mass is 32.2. The van der Waals surface area contributed by atoms with Gasteiger partial charge in [-0.2, -0.15) is 0 Å². The first-order valence-corrected chi connectivity index (χ1v) is 11.5. The molecule has 4 aromatic carbocycles. The molecule has 0 saturated carbocycles. The van der Waals surface area contributed by atoms with Gasteiger partial charge in [-0.15, -0.1) is 0 Å². The van der Waals surface area contributed by atoms with Crippen LogP contribution in [0.5, 0.6) is 5.75 Å². The first-order chi connectivity index (χ1) is 15.4. The molecule has 32 heavy (non-hydrogen) atoms. The summed E-state index contributed by atoms with van der Waals surface area (Å²) >= 11 is 0. The van der Waals surface area contributed by atoms with Crippen molar-refractivity contribution in [3.05, 3.63) is 96.6 Å². The van der Waals surface area contributed by atoms with Crippen molar-refractivity contribution in [1.29, 1.82) is 0 Å². The van der Waals surface area contributed by atoms with Gasteiger partial charge in [0.15, 0.2) is 6.61 Å². The van der Waals surface area contributed by atoms with Gasteiger partial charge < -0.3 is 10.1 Å². The van der Waals surface area contributed by atoms with E-state index in [9.17, 15) is 13.2 Å². The molecule has 0 heterocycles. The average Bonchev–Trinajstić information content (AvgIpc) is 2.79. The molecule has 4 rings (SSSR count). The lowest BCUT2D eigenvalue weighted by molar-refractivity contribution is -0.118.